The summed E-state index contributed by atoms with van der Waals surface area (Å²) in [6.45, 7) is 2.27. The van der Waals surface area contributed by atoms with Crippen molar-refractivity contribution in [1.82, 2.24) is 0 Å². The minimum absolute atomic E-state index is 0.0825. The van der Waals surface area contributed by atoms with Gasteiger partial charge in [0.2, 0.25) is 0 Å². The standard InChI is InChI=1S/C16H16N2O3S/c1-11-2-4-12(5-3-11)10-21-15-7-6-13(9-16(17)22)8-14(15)18(19)20/h2-8H,9-10H2,1H3,(H2,17,22). The number of thiocarbonyl (C=S) groups is 1. The second-order valence-corrected chi connectivity index (χ2v) is 5.50. The van der Waals surface area contributed by atoms with E-state index in [1.165, 1.54) is 6.07 Å². The Hall–Kier alpha value is -2.47. The number of hydrogen-bond donors (Lipinski definition) is 1. The van der Waals surface area contributed by atoms with Crippen molar-refractivity contribution < 1.29 is 9.66 Å². The molecule has 0 aliphatic rings. The predicted molar refractivity (Wildman–Crippen MR) is 89.1 cm³/mol. The Balaban J connectivity index is 2.17. The van der Waals surface area contributed by atoms with Gasteiger partial charge in [0.25, 0.3) is 0 Å². The summed E-state index contributed by atoms with van der Waals surface area (Å²) in [6.07, 6.45) is 0.328. The fourth-order valence-corrected chi connectivity index (χ4v) is 2.15. The van der Waals surface area contributed by atoms with E-state index in [1.807, 2.05) is 31.2 Å². The Bertz CT molecular complexity index is 699. The highest BCUT2D eigenvalue weighted by Gasteiger charge is 2.16. The van der Waals surface area contributed by atoms with Gasteiger partial charge in [-0.2, -0.15) is 0 Å². The van der Waals surface area contributed by atoms with Crippen molar-refractivity contribution in [3.8, 4) is 5.75 Å². The molecule has 0 aliphatic carbocycles. The summed E-state index contributed by atoms with van der Waals surface area (Å²) < 4.78 is 5.58. The highest BCUT2D eigenvalue weighted by atomic mass is 32.1. The van der Waals surface area contributed by atoms with Crippen LogP contribution >= 0.6 is 12.2 Å². The van der Waals surface area contributed by atoms with Crippen molar-refractivity contribution in [2.45, 2.75) is 20.0 Å². The minimum Gasteiger partial charge on any atom is -0.482 e. The van der Waals surface area contributed by atoms with Crippen LogP contribution in [0.15, 0.2) is 42.5 Å². The van der Waals surface area contributed by atoms with Gasteiger partial charge in [0.15, 0.2) is 5.75 Å². The first-order valence-corrected chi connectivity index (χ1v) is 7.10. The van der Waals surface area contributed by atoms with Crippen LogP contribution in [-0.4, -0.2) is 9.91 Å². The lowest BCUT2D eigenvalue weighted by Crippen LogP contribution is -2.11. The lowest BCUT2D eigenvalue weighted by atomic mass is 10.1. The second kappa shape index (κ2) is 7.00. The quantitative estimate of drug-likeness (QED) is 0.502. The van der Waals surface area contributed by atoms with Gasteiger partial charge in [-0.1, -0.05) is 48.1 Å². The molecule has 0 spiro atoms. The molecule has 2 rings (SSSR count). The Labute approximate surface area is 133 Å². The molecular formula is C16H16N2O3S. The van der Waals surface area contributed by atoms with Gasteiger partial charge >= 0.3 is 5.69 Å². The average molecular weight is 316 g/mol. The van der Waals surface area contributed by atoms with E-state index in [0.29, 0.717) is 17.0 Å². The van der Waals surface area contributed by atoms with Crippen LogP contribution in [0.2, 0.25) is 0 Å². The Morgan fingerprint density at radius 1 is 1.23 bits per heavy atom. The summed E-state index contributed by atoms with van der Waals surface area (Å²) in [7, 11) is 0. The van der Waals surface area contributed by atoms with Crippen molar-refractivity contribution in [3.63, 3.8) is 0 Å². The number of rotatable bonds is 6. The van der Waals surface area contributed by atoms with Gasteiger partial charge in [0.1, 0.15) is 6.61 Å². The lowest BCUT2D eigenvalue weighted by Gasteiger charge is -2.08. The molecule has 2 N–H and O–H groups in total. The van der Waals surface area contributed by atoms with E-state index in [1.54, 1.807) is 12.1 Å². The number of nitro benzene ring substituents is 1. The maximum Gasteiger partial charge on any atom is 0.311 e. The van der Waals surface area contributed by atoms with Crippen molar-refractivity contribution in [2.75, 3.05) is 0 Å². The van der Waals surface area contributed by atoms with Crippen LogP contribution in [-0.2, 0) is 13.0 Å². The molecule has 0 unspecified atom stereocenters. The third kappa shape index (κ3) is 4.26. The molecule has 0 aromatic heterocycles. The normalized spacial score (nSPS) is 10.2. The molecule has 0 aliphatic heterocycles. The molecule has 0 atom stereocenters. The number of nitrogens with two attached hydrogens (primary N) is 1. The number of nitro groups is 1. The van der Waals surface area contributed by atoms with Gasteiger partial charge in [-0.05, 0) is 24.1 Å². The summed E-state index contributed by atoms with van der Waals surface area (Å²) in [6, 6.07) is 12.6. The topological polar surface area (TPSA) is 78.4 Å². The summed E-state index contributed by atoms with van der Waals surface area (Å²) in [5.41, 5.74) is 8.18. The molecule has 5 nitrogen and oxygen atoms in total. The smallest absolute Gasteiger partial charge is 0.311 e. The van der Waals surface area contributed by atoms with Gasteiger partial charge in [-0.25, -0.2) is 0 Å². The van der Waals surface area contributed by atoms with Gasteiger partial charge in [-0.15, -0.1) is 0 Å². The monoisotopic (exact) mass is 316 g/mol. The van der Waals surface area contributed by atoms with Crippen LogP contribution in [0.3, 0.4) is 0 Å². The van der Waals surface area contributed by atoms with Crippen LogP contribution < -0.4 is 10.5 Å². The largest absolute Gasteiger partial charge is 0.482 e. The van der Waals surface area contributed by atoms with Crippen LogP contribution in [0.4, 0.5) is 5.69 Å². The van der Waals surface area contributed by atoms with Crippen LogP contribution in [0.25, 0.3) is 0 Å². The molecule has 0 saturated carbocycles. The first kappa shape index (κ1) is 15.9. The first-order valence-electron chi connectivity index (χ1n) is 6.69. The van der Waals surface area contributed by atoms with E-state index in [2.05, 4.69) is 0 Å². The SMILES string of the molecule is Cc1ccc(COc2ccc(CC(N)=S)cc2[N+](=O)[O-])cc1. The van der Waals surface area contributed by atoms with E-state index in [0.717, 1.165) is 11.1 Å². The second-order valence-electron chi connectivity index (χ2n) is 4.98. The van der Waals surface area contributed by atoms with Gasteiger partial charge in [-0.3, -0.25) is 10.1 Å². The van der Waals surface area contributed by atoms with E-state index in [4.69, 9.17) is 22.7 Å². The van der Waals surface area contributed by atoms with Crippen LogP contribution in [0.5, 0.6) is 5.75 Å². The highest BCUT2D eigenvalue weighted by molar-refractivity contribution is 7.80. The molecular weight excluding hydrogens is 300 g/mol. The van der Waals surface area contributed by atoms with Crippen molar-refractivity contribution in [1.29, 1.82) is 0 Å². The van der Waals surface area contributed by atoms with Gasteiger partial charge in [0.05, 0.1) is 9.91 Å². The fraction of sp³-hybridized carbons (Fsp3) is 0.188. The van der Waals surface area contributed by atoms with E-state index < -0.39 is 4.92 Å². The summed E-state index contributed by atoms with van der Waals surface area (Å²) in [5, 5.41) is 11.2. The third-order valence-electron chi connectivity index (χ3n) is 3.11. The van der Waals surface area contributed by atoms with E-state index >= 15 is 0 Å². The number of aryl methyl sites for hydroxylation is 1. The minimum atomic E-state index is -0.465. The third-order valence-corrected chi connectivity index (χ3v) is 3.26. The predicted octanol–water partition coefficient (Wildman–Crippen LogP) is 3.31. The van der Waals surface area contributed by atoms with Gasteiger partial charge in [0, 0.05) is 12.5 Å². The molecule has 6 heteroatoms. The van der Waals surface area contributed by atoms with Crippen molar-refractivity contribution >= 4 is 22.9 Å². The zero-order valence-electron chi connectivity index (χ0n) is 12.1. The molecule has 2 aromatic rings. The van der Waals surface area contributed by atoms with Crippen LogP contribution in [0.1, 0.15) is 16.7 Å². The van der Waals surface area contributed by atoms with Crippen molar-refractivity contribution in [2.24, 2.45) is 5.73 Å². The molecule has 0 radical (unpaired) electrons. The Morgan fingerprint density at radius 2 is 1.86 bits per heavy atom. The number of hydrogen-bond acceptors (Lipinski definition) is 4. The number of ether oxygens (including phenoxy) is 1. The zero-order valence-corrected chi connectivity index (χ0v) is 12.9. The maximum atomic E-state index is 11.2. The zero-order chi connectivity index (χ0) is 16.1. The molecule has 0 fully saturated rings. The molecule has 114 valence electrons. The first-order chi connectivity index (χ1) is 10.5. The summed E-state index contributed by atoms with van der Waals surface area (Å²) in [4.78, 5) is 11.0. The number of nitrogens with zero attached hydrogens (tertiary/aromatic N) is 1. The lowest BCUT2D eigenvalue weighted by molar-refractivity contribution is -0.386. The molecule has 0 saturated heterocycles. The molecule has 2 aromatic carbocycles. The van der Waals surface area contributed by atoms with E-state index in [-0.39, 0.29) is 18.0 Å². The summed E-state index contributed by atoms with van der Waals surface area (Å²) in [5.74, 6) is 0.234. The molecule has 0 amide bonds. The maximum absolute atomic E-state index is 11.2. The Kier molecular flexibility index (Phi) is 5.06. The molecule has 0 heterocycles. The van der Waals surface area contributed by atoms with E-state index in [9.17, 15) is 10.1 Å². The van der Waals surface area contributed by atoms with Crippen LogP contribution in [0, 0.1) is 17.0 Å². The van der Waals surface area contributed by atoms with Crippen molar-refractivity contribution in [3.05, 3.63) is 69.3 Å². The van der Waals surface area contributed by atoms with Gasteiger partial charge < -0.3 is 10.5 Å². The summed E-state index contributed by atoms with van der Waals surface area (Å²) >= 11 is 4.82. The highest BCUT2D eigenvalue weighted by Crippen LogP contribution is 2.29. The number of benzene rings is 2. The molecule has 22 heavy (non-hydrogen) atoms. The molecule has 0 bridgehead atoms. The average Bonchev–Trinajstić information content (AvgIpc) is 2.46. The Morgan fingerprint density at radius 3 is 2.45 bits per heavy atom. The fourth-order valence-electron chi connectivity index (χ4n) is 1.98.